The van der Waals surface area contributed by atoms with Gasteiger partial charge in [-0.3, -0.25) is 0 Å². The Balaban J connectivity index is 1.65. The number of hydrogen-bond donors (Lipinski definition) is 1. The van der Waals surface area contributed by atoms with Crippen LogP contribution in [0.4, 0.5) is 0 Å². The van der Waals surface area contributed by atoms with Gasteiger partial charge in [-0.1, -0.05) is 0 Å². The quantitative estimate of drug-likeness (QED) is 0.863. The molecule has 1 N–H and O–H groups in total. The number of rotatable bonds is 6. The highest BCUT2D eigenvalue weighted by Crippen LogP contribution is 2.36. The van der Waals surface area contributed by atoms with Gasteiger partial charge in [-0.15, -0.1) is 11.3 Å². The summed E-state index contributed by atoms with van der Waals surface area (Å²) >= 11 is 1.69. The van der Waals surface area contributed by atoms with Gasteiger partial charge in [0.05, 0.1) is 25.6 Å². The highest BCUT2D eigenvalue weighted by Gasteiger charge is 2.15. The summed E-state index contributed by atoms with van der Waals surface area (Å²) in [5.74, 6) is 1.59. The van der Waals surface area contributed by atoms with Crippen molar-refractivity contribution in [3.05, 3.63) is 29.4 Å². The average Bonchev–Trinajstić information content (AvgIpc) is 3.09. The molecule has 130 valence electrons. The second-order valence-electron chi connectivity index (χ2n) is 5.81. The first-order valence-electron chi connectivity index (χ1n) is 8.03. The van der Waals surface area contributed by atoms with Gasteiger partial charge >= 0.3 is 0 Å². The Hall–Kier alpha value is -1.67. The highest BCUT2D eigenvalue weighted by molar-refractivity contribution is 7.15. The Labute approximate surface area is 147 Å². The van der Waals surface area contributed by atoms with Crippen molar-refractivity contribution in [2.75, 3.05) is 47.4 Å². The first kappa shape index (κ1) is 17.2. The smallest absolute Gasteiger partial charge is 0.131 e. The molecule has 2 aromatic rings. The third-order valence-corrected chi connectivity index (χ3v) is 5.22. The van der Waals surface area contributed by atoms with Crippen LogP contribution in [0.2, 0.25) is 0 Å². The van der Waals surface area contributed by atoms with E-state index in [1.165, 1.54) is 0 Å². The fourth-order valence-corrected chi connectivity index (χ4v) is 3.54. The molecule has 0 atom stereocenters. The van der Waals surface area contributed by atoms with E-state index in [0.717, 1.165) is 59.7 Å². The number of aromatic nitrogens is 1. The van der Waals surface area contributed by atoms with Crippen molar-refractivity contribution in [3.8, 4) is 21.9 Å². The Morgan fingerprint density at radius 2 is 1.96 bits per heavy atom. The van der Waals surface area contributed by atoms with Crippen LogP contribution in [0.3, 0.4) is 0 Å². The van der Waals surface area contributed by atoms with Gasteiger partial charge < -0.3 is 14.4 Å². The fraction of sp³-hybridized carbons (Fsp3) is 0.471. The Morgan fingerprint density at radius 3 is 2.67 bits per heavy atom. The molecule has 1 aliphatic heterocycles. The van der Waals surface area contributed by atoms with E-state index >= 15 is 0 Å². The SMILES string of the molecule is COc1ccc(-c2cnc(CNN3CCN(C)CC3)s2)c(OC)c1. The number of likely N-dealkylation sites (N-methyl/N-ethyl adjacent to an activating group) is 1. The third kappa shape index (κ3) is 4.05. The lowest BCUT2D eigenvalue weighted by molar-refractivity contribution is 0.102. The molecule has 24 heavy (non-hydrogen) atoms. The van der Waals surface area contributed by atoms with Crippen LogP contribution in [0.1, 0.15) is 5.01 Å². The predicted molar refractivity (Wildman–Crippen MR) is 96.6 cm³/mol. The molecule has 1 fully saturated rings. The standard InChI is InChI=1S/C17H24N4O2S/c1-20-6-8-21(9-7-20)19-12-17-18-11-16(24-17)14-5-4-13(22-2)10-15(14)23-3/h4-5,10-11,19H,6-9,12H2,1-3H3. The summed E-state index contributed by atoms with van der Waals surface area (Å²) in [7, 11) is 5.49. The Bertz CT molecular complexity index is 668. The Morgan fingerprint density at radius 1 is 1.17 bits per heavy atom. The second-order valence-corrected chi connectivity index (χ2v) is 6.92. The minimum Gasteiger partial charge on any atom is -0.497 e. The maximum Gasteiger partial charge on any atom is 0.131 e. The van der Waals surface area contributed by atoms with Crippen LogP contribution in [0.5, 0.6) is 11.5 Å². The summed E-state index contributed by atoms with van der Waals surface area (Å²) in [6.07, 6.45) is 1.91. The van der Waals surface area contributed by atoms with E-state index in [-0.39, 0.29) is 0 Å². The van der Waals surface area contributed by atoms with Crippen LogP contribution in [0, 0.1) is 0 Å². The normalized spacial score (nSPS) is 16.3. The van der Waals surface area contributed by atoms with E-state index in [4.69, 9.17) is 9.47 Å². The van der Waals surface area contributed by atoms with Crippen molar-refractivity contribution < 1.29 is 9.47 Å². The molecule has 0 unspecified atom stereocenters. The lowest BCUT2D eigenvalue weighted by Crippen LogP contribution is -2.50. The minimum absolute atomic E-state index is 0.757. The van der Waals surface area contributed by atoms with E-state index in [0.29, 0.717) is 0 Å². The summed E-state index contributed by atoms with van der Waals surface area (Å²) in [6, 6.07) is 5.86. The topological polar surface area (TPSA) is 49.9 Å². The fourth-order valence-electron chi connectivity index (χ4n) is 2.66. The molecule has 2 heterocycles. The lowest BCUT2D eigenvalue weighted by Gasteiger charge is -2.32. The van der Waals surface area contributed by atoms with Gasteiger partial charge in [0.15, 0.2) is 0 Å². The van der Waals surface area contributed by atoms with Crippen molar-refractivity contribution in [1.29, 1.82) is 0 Å². The van der Waals surface area contributed by atoms with Crippen LogP contribution in [0.15, 0.2) is 24.4 Å². The van der Waals surface area contributed by atoms with Crippen LogP contribution in [-0.4, -0.2) is 62.3 Å². The highest BCUT2D eigenvalue weighted by atomic mass is 32.1. The number of piperazine rings is 1. The number of hydrazine groups is 1. The maximum atomic E-state index is 5.49. The van der Waals surface area contributed by atoms with Gasteiger partial charge in [-0.05, 0) is 19.2 Å². The lowest BCUT2D eigenvalue weighted by atomic mass is 10.1. The van der Waals surface area contributed by atoms with Crippen LogP contribution < -0.4 is 14.9 Å². The zero-order chi connectivity index (χ0) is 16.9. The molecular formula is C17H24N4O2S. The van der Waals surface area contributed by atoms with E-state index in [1.54, 1.807) is 25.6 Å². The molecule has 0 spiro atoms. The predicted octanol–water partition coefficient (Wildman–Crippen LogP) is 2.08. The average molecular weight is 348 g/mol. The number of thiazole rings is 1. The largest absolute Gasteiger partial charge is 0.497 e. The molecule has 1 aliphatic rings. The van der Waals surface area contributed by atoms with Crippen molar-refractivity contribution >= 4 is 11.3 Å². The van der Waals surface area contributed by atoms with Gasteiger partial charge in [0.1, 0.15) is 16.5 Å². The van der Waals surface area contributed by atoms with Crippen LogP contribution in [0.25, 0.3) is 10.4 Å². The zero-order valence-corrected chi connectivity index (χ0v) is 15.2. The molecule has 0 amide bonds. The van der Waals surface area contributed by atoms with E-state index in [1.807, 2.05) is 24.4 Å². The van der Waals surface area contributed by atoms with Crippen LogP contribution >= 0.6 is 11.3 Å². The molecule has 1 aromatic heterocycles. The summed E-state index contributed by atoms with van der Waals surface area (Å²) in [5, 5.41) is 3.34. The van der Waals surface area contributed by atoms with E-state index in [9.17, 15) is 0 Å². The molecule has 1 saturated heterocycles. The number of methoxy groups -OCH3 is 2. The van der Waals surface area contributed by atoms with Gasteiger partial charge in [0.2, 0.25) is 0 Å². The van der Waals surface area contributed by atoms with Gasteiger partial charge in [-0.2, -0.15) is 0 Å². The van der Waals surface area contributed by atoms with Crippen molar-refractivity contribution in [2.45, 2.75) is 6.54 Å². The summed E-state index contributed by atoms with van der Waals surface area (Å²) in [5.41, 5.74) is 4.52. The second kappa shape index (κ2) is 7.94. The number of nitrogens with zero attached hydrogens (tertiary/aromatic N) is 3. The van der Waals surface area contributed by atoms with E-state index < -0.39 is 0 Å². The molecule has 0 saturated carbocycles. The molecule has 0 aliphatic carbocycles. The van der Waals surface area contributed by atoms with Crippen molar-refractivity contribution in [3.63, 3.8) is 0 Å². The number of hydrogen-bond acceptors (Lipinski definition) is 7. The molecule has 6 nitrogen and oxygen atoms in total. The van der Waals surface area contributed by atoms with Gasteiger partial charge in [0.25, 0.3) is 0 Å². The number of benzene rings is 1. The summed E-state index contributed by atoms with van der Waals surface area (Å²) in [4.78, 5) is 7.99. The first-order chi connectivity index (χ1) is 11.7. The molecule has 3 rings (SSSR count). The summed E-state index contributed by atoms with van der Waals surface area (Å²) in [6.45, 7) is 5.03. The first-order valence-corrected chi connectivity index (χ1v) is 8.85. The van der Waals surface area contributed by atoms with Crippen molar-refractivity contribution in [2.24, 2.45) is 0 Å². The third-order valence-electron chi connectivity index (χ3n) is 4.18. The molecule has 7 heteroatoms. The van der Waals surface area contributed by atoms with Gasteiger partial charge in [0, 0.05) is 44.0 Å². The maximum absolute atomic E-state index is 5.49. The van der Waals surface area contributed by atoms with Crippen molar-refractivity contribution in [1.82, 2.24) is 20.3 Å². The van der Waals surface area contributed by atoms with Gasteiger partial charge in [-0.25, -0.2) is 15.4 Å². The minimum atomic E-state index is 0.757. The number of nitrogens with one attached hydrogen (secondary N) is 1. The molecule has 1 aromatic carbocycles. The Kier molecular flexibility index (Phi) is 5.68. The summed E-state index contributed by atoms with van der Waals surface area (Å²) < 4.78 is 10.7. The molecule has 0 bridgehead atoms. The zero-order valence-electron chi connectivity index (χ0n) is 14.4. The monoisotopic (exact) mass is 348 g/mol. The van der Waals surface area contributed by atoms with E-state index in [2.05, 4.69) is 27.4 Å². The van der Waals surface area contributed by atoms with Crippen LogP contribution in [-0.2, 0) is 6.54 Å². The number of ether oxygens (including phenoxy) is 2. The molecule has 0 radical (unpaired) electrons. The molecular weight excluding hydrogens is 324 g/mol.